The summed E-state index contributed by atoms with van der Waals surface area (Å²) in [5.74, 6) is 0.655. The van der Waals surface area contributed by atoms with Gasteiger partial charge < -0.3 is 5.41 Å². The molecule has 1 N–H and O–H groups in total. The lowest BCUT2D eigenvalue weighted by atomic mass is 10.2. The van der Waals surface area contributed by atoms with Crippen molar-refractivity contribution in [3.8, 4) is 0 Å². The van der Waals surface area contributed by atoms with Crippen molar-refractivity contribution in [2.24, 2.45) is 5.92 Å². The summed E-state index contributed by atoms with van der Waals surface area (Å²) in [7, 11) is 0. The summed E-state index contributed by atoms with van der Waals surface area (Å²) >= 11 is 0. The van der Waals surface area contributed by atoms with Gasteiger partial charge in [-0.3, -0.25) is 0 Å². The highest BCUT2D eigenvalue weighted by Gasteiger charge is 1.83. The number of hydrogen-bond donors (Lipinski definition) is 1. The van der Waals surface area contributed by atoms with E-state index in [-0.39, 0.29) is 0 Å². The maximum absolute atomic E-state index is 6.61. The maximum Gasteiger partial charge on any atom is -0.00452 e. The van der Waals surface area contributed by atoms with E-state index < -0.39 is 0 Å². The molecule has 0 aliphatic carbocycles. The molecule has 1 nitrogen and oxygen atoms in total. The Hall–Kier alpha value is -0.330. The molecule has 0 bridgehead atoms. The minimum atomic E-state index is 0.655. The molecule has 0 aliphatic heterocycles. The lowest BCUT2D eigenvalue weighted by molar-refractivity contribution is 0.689. The van der Waals surface area contributed by atoms with Gasteiger partial charge in [-0.2, -0.15) is 0 Å². The third-order valence-electron chi connectivity index (χ3n) is 0.589. The number of nitrogens with one attached hydrogen (secondary N) is 1. The van der Waals surface area contributed by atoms with Crippen LogP contribution in [0.25, 0.3) is 0 Å². The summed E-state index contributed by atoms with van der Waals surface area (Å²) in [6.45, 7) is 4.20. The van der Waals surface area contributed by atoms with Crippen LogP contribution in [0, 0.1) is 11.3 Å². The predicted molar refractivity (Wildman–Crippen MR) is 28.2 cm³/mol. The molecule has 0 saturated heterocycles. The molecule has 0 saturated carbocycles. The summed E-state index contributed by atoms with van der Waals surface area (Å²) in [5.41, 5.74) is 0. The van der Waals surface area contributed by atoms with Crippen molar-refractivity contribution in [3.63, 3.8) is 0 Å². The molecule has 6 heavy (non-hydrogen) atoms. The summed E-state index contributed by atoms with van der Waals surface area (Å²) in [4.78, 5) is 0. The molecule has 0 atom stereocenters. The smallest absolute Gasteiger partial charge is 0.00452 e. The molecule has 1 heteroatoms. The molecular weight excluding hydrogens is 74.1 g/mol. The van der Waals surface area contributed by atoms with Gasteiger partial charge >= 0.3 is 0 Å². The quantitative estimate of drug-likeness (QED) is 0.493. The van der Waals surface area contributed by atoms with E-state index in [2.05, 4.69) is 13.8 Å². The van der Waals surface area contributed by atoms with Crippen molar-refractivity contribution in [3.05, 3.63) is 0 Å². The third kappa shape index (κ3) is 3.67. The van der Waals surface area contributed by atoms with Crippen LogP contribution < -0.4 is 0 Å². The van der Waals surface area contributed by atoms with Gasteiger partial charge in [-0.05, 0) is 18.6 Å². The maximum atomic E-state index is 6.61. The Balaban J connectivity index is 2.81. The van der Waals surface area contributed by atoms with Crippen molar-refractivity contribution in [2.75, 3.05) is 0 Å². The molecule has 0 heterocycles. The van der Waals surface area contributed by atoms with Crippen LogP contribution in [0.1, 0.15) is 20.3 Å². The van der Waals surface area contributed by atoms with E-state index >= 15 is 0 Å². The van der Waals surface area contributed by atoms with Gasteiger partial charge in [0, 0.05) is 0 Å². The minimum absolute atomic E-state index is 0.655. The van der Waals surface area contributed by atoms with Crippen molar-refractivity contribution >= 4 is 6.21 Å². The van der Waals surface area contributed by atoms with E-state index in [1.54, 1.807) is 0 Å². The first-order valence-corrected chi connectivity index (χ1v) is 2.26. The molecular formula is C5H11N. The third-order valence-corrected chi connectivity index (χ3v) is 0.589. The normalized spacial score (nSPS) is 9.17. The van der Waals surface area contributed by atoms with Gasteiger partial charge in [0.2, 0.25) is 0 Å². The molecule has 0 amide bonds. The Morgan fingerprint density at radius 2 is 2.17 bits per heavy atom. The van der Waals surface area contributed by atoms with Gasteiger partial charge in [-0.1, -0.05) is 13.8 Å². The van der Waals surface area contributed by atoms with Crippen LogP contribution in [0.2, 0.25) is 0 Å². The lowest BCUT2D eigenvalue weighted by Crippen LogP contribution is -1.84. The van der Waals surface area contributed by atoms with Crippen LogP contribution in [-0.4, -0.2) is 6.21 Å². The predicted octanol–water partition coefficient (Wildman–Crippen LogP) is 1.68. The zero-order valence-electron chi connectivity index (χ0n) is 4.36. The second-order valence-corrected chi connectivity index (χ2v) is 1.83. The molecule has 0 spiro atoms. The van der Waals surface area contributed by atoms with E-state index in [0.717, 1.165) is 6.42 Å². The SMILES string of the molecule is CC(C)CC=N. The van der Waals surface area contributed by atoms with Crippen LogP contribution >= 0.6 is 0 Å². The molecule has 0 rings (SSSR count). The molecule has 0 aromatic carbocycles. The first-order valence-electron chi connectivity index (χ1n) is 2.26. The van der Waals surface area contributed by atoms with Crippen LogP contribution in [-0.2, 0) is 0 Å². The van der Waals surface area contributed by atoms with Gasteiger partial charge in [-0.25, -0.2) is 0 Å². The Morgan fingerprint density at radius 3 is 2.17 bits per heavy atom. The highest BCUT2D eigenvalue weighted by Crippen LogP contribution is 1.92. The Bertz CT molecular complexity index is 39.2. The summed E-state index contributed by atoms with van der Waals surface area (Å²) in [6, 6.07) is 0. The fourth-order valence-corrected chi connectivity index (χ4v) is 0.236. The molecule has 0 aliphatic rings. The van der Waals surface area contributed by atoms with Gasteiger partial charge in [0.25, 0.3) is 0 Å². The Kier molecular flexibility index (Phi) is 2.73. The standard InChI is InChI=1S/C5H11N/c1-5(2)3-4-6/h4-6H,3H2,1-2H3. The average molecular weight is 85.1 g/mol. The van der Waals surface area contributed by atoms with Crippen LogP contribution in [0.15, 0.2) is 0 Å². The first kappa shape index (κ1) is 5.67. The number of rotatable bonds is 2. The molecule has 0 aromatic heterocycles. The summed E-state index contributed by atoms with van der Waals surface area (Å²) < 4.78 is 0. The van der Waals surface area contributed by atoms with Crippen LogP contribution in [0.4, 0.5) is 0 Å². The zero-order valence-corrected chi connectivity index (χ0v) is 4.36. The topological polar surface area (TPSA) is 23.9 Å². The summed E-state index contributed by atoms with van der Waals surface area (Å²) in [6.07, 6.45) is 2.37. The Morgan fingerprint density at radius 1 is 1.67 bits per heavy atom. The molecule has 0 fully saturated rings. The fourth-order valence-electron chi connectivity index (χ4n) is 0.236. The van der Waals surface area contributed by atoms with Gasteiger partial charge in [0.05, 0.1) is 0 Å². The highest BCUT2D eigenvalue weighted by molar-refractivity contribution is 5.52. The number of hydrogen-bond acceptors (Lipinski definition) is 1. The largest absolute Gasteiger partial charge is 0.313 e. The van der Waals surface area contributed by atoms with Gasteiger partial charge in [0.1, 0.15) is 0 Å². The molecule has 0 unspecified atom stereocenters. The van der Waals surface area contributed by atoms with Crippen molar-refractivity contribution < 1.29 is 0 Å². The van der Waals surface area contributed by atoms with Crippen molar-refractivity contribution in [1.29, 1.82) is 5.41 Å². The van der Waals surface area contributed by atoms with E-state index in [0.29, 0.717) is 5.92 Å². The average Bonchev–Trinajstić information content (AvgIpc) is 1.35. The van der Waals surface area contributed by atoms with E-state index in [1.165, 1.54) is 6.21 Å². The molecule has 0 aromatic rings. The van der Waals surface area contributed by atoms with Crippen molar-refractivity contribution in [2.45, 2.75) is 20.3 Å². The highest BCUT2D eigenvalue weighted by atomic mass is 14.3. The Labute approximate surface area is 38.9 Å². The van der Waals surface area contributed by atoms with Crippen LogP contribution in [0.3, 0.4) is 0 Å². The lowest BCUT2D eigenvalue weighted by Gasteiger charge is -1.91. The summed E-state index contributed by atoms with van der Waals surface area (Å²) in [5, 5.41) is 6.61. The zero-order chi connectivity index (χ0) is 4.99. The van der Waals surface area contributed by atoms with Gasteiger partial charge in [0.15, 0.2) is 0 Å². The van der Waals surface area contributed by atoms with Crippen LogP contribution in [0.5, 0.6) is 0 Å². The van der Waals surface area contributed by atoms with Gasteiger partial charge in [-0.15, -0.1) is 0 Å². The second-order valence-electron chi connectivity index (χ2n) is 1.83. The molecule has 0 radical (unpaired) electrons. The minimum Gasteiger partial charge on any atom is -0.313 e. The first-order chi connectivity index (χ1) is 2.77. The van der Waals surface area contributed by atoms with E-state index in [1.807, 2.05) is 0 Å². The van der Waals surface area contributed by atoms with E-state index in [4.69, 9.17) is 5.41 Å². The second kappa shape index (κ2) is 2.88. The van der Waals surface area contributed by atoms with E-state index in [9.17, 15) is 0 Å². The fraction of sp³-hybridized carbons (Fsp3) is 0.800. The monoisotopic (exact) mass is 85.1 g/mol. The van der Waals surface area contributed by atoms with Crippen molar-refractivity contribution in [1.82, 2.24) is 0 Å². The molecule has 36 valence electrons.